The first-order chi connectivity index (χ1) is 10.1. The van der Waals surface area contributed by atoms with E-state index in [0.29, 0.717) is 28.2 Å². The van der Waals surface area contributed by atoms with Gasteiger partial charge in [-0.2, -0.15) is 0 Å². The molecule has 0 aromatic heterocycles. The smallest absolute Gasteiger partial charge is 0.331 e. The number of amides is 1. The predicted molar refractivity (Wildman–Crippen MR) is 84.5 cm³/mol. The minimum Gasteiger partial charge on any atom is -0.424 e. The van der Waals surface area contributed by atoms with Gasteiger partial charge in [-0.15, -0.1) is 0 Å². The molecular weight excluding hydrogens is 358 g/mol. The van der Waals surface area contributed by atoms with Crippen LogP contribution in [0.4, 0.5) is 0 Å². The van der Waals surface area contributed by atoms with Gasteiger partial charge in [0, 0.05) is 18.0 Å². The number of hydrogen-bond acceptors (Lipinski definition) is 3. The molecule has 21 heavy (non-hydrogen) atoms. The van der Waals surface area contributed by atoms with Crippen LogP contribution in [-0.2, 0) is 9.59 Å². The van der Waals surface area contributed by atoms with E-state index < -0.39 is 5.97 Å². The van der Waals surface area contributed by atoms with Gasteiger partial charge in [-0.25, -0.2) is 4.79 Å². The van der Waals surface area contributed by atoms with Crippen LogP contribution in [0, 0.1) is 0 Å². The van der Waals surface area contributed by atoms with Gasteiger partial charge < -0.3 is 9.64 Å². The number of carbonyl (C=O) groups is 2. The van der Waals surface area contributed by atoms with Crippen molar-refractivity contribution in [1.82, 2.24) is 4.90 Å². The largest absolute Gasteiger partial charge is 0.424 e. The van der Waals surface area contributed by atoms with Crippen molar-refractivity contribution in [3.8, 4) is 5.75 Å². The lowest BCUT2D eigenvalue weighted by Crippen LogP contribution is -2.38. The molecule has 1 aromatic rings. The first kappa shape index (κ1) is 16.3. The van der Waals surface area contributed by atoms with E-state index in [1.54, 1.807) is 23.1 Å². The van der Waals surface area contributed by atoms with E-state index in [1.807, 2.05) is 0 Å². The van der Waals surface area contributed by atoms with Gasteiger partial charge in [0.05, 0.1) is 4.47 Å². The van der Waals surface area contributed by atoms with Crippen molar-refractivity contribution in [2.75, 3.05) is 13.1 Å². The molecule has 114 valence electrons. The van der Waals surface area contributed by atoms with Crippen LogP contribution in [0.1, 0.15) is 32.1 Å². The average molecular weight is 375 g/mol. The van der Waals surface area contributed by atoms with Crippen molar-refractivity contribution in [2.24, 2.45) is 0 Å². The second-order valence-electron chi connectivity index (χ2n) is 5.03. The van der Waals surface area contributed by atoms with E-state index in [4.69, 9.17) is 16.3 Å². The molecule has 4 nitrogen and oxygen atoms in total. The molecule has 1 aliphatic rings. The molecule has 1 aromatic carbocycles. The molecule has 0 bridgehead atoms. The molecular formula is C15H17BrClNO3. The molecule has 0 N–H and O–H groups in total. The summed E-state index contributed by atoms with van der Waals surface area (Å²) in [5, 5.41) is 0.556. The topological polar surface area (TPSA) is 46.6 Å². The number of rotatable bonds is 3. The number of carbonyl (C=O) groups excluding carboxylic acids is 2. The Morgan fingerprint density at radius 2 is 2.05 bits per heavy atom. The first-order valence-corrected chi connectivity index (χ1v) is 8.17. The van der Waals surface area contributed by atoms with Gasteiger partial charge >= 0.3 is 5.97 Å². The molecule has 0 saturated carbocycles. The molecule has 0 atom stereocenters. The second-order valence-corrected chi connectivity index (χ2v) is 6.32. The van der Waals surface area contributed by atoms with Crippen LogP contribution in [0.5, 0.6) is 5.75 Å². The normalized spacial score (nSPS) is 16.3. The standard InChI is InChI=1S/C15H17BrClNO3/c16-12-9-11(17)6-7-13(12)21-15(20)10-18-8-4-2-1-3-5-14(18)19/h6-7,9H,1-5,8,10H2. The monoisotopic (exact) mass is 373 g/mol. The Morgan fingerprint density at radius 1 is 1.29 bits per heavy atom. The molecule has 6 heteroatoms. The minimum atomic E-state index is -0.438. The molecule has 1 amide bonds. The van der Waals surface area contributed by atoms with E-state index >= 15 is 0 Å². The molecule has 0 spiro atoms. The second kappa shape index (κ2) is 7.80. The summed E-state index contributed by atoms with van der Waals surface area (Å²) in [6.45, 7) is 0.615. The summed E-state index contributed by atoms with van der Waals surface area (Å²) in [5.41, 5.74) is 0. The van der Waals surface area contributed by atoms with Crippen LogP contribution >= 0.6 is 27.5 Å². The molecule has 0 radical (unpaired) electrons. The summed E-state index contributed by atoms with van der Waals surface area (Å²) in [6, 6.07) is 4.93. The lowest BCUT2D eigenvalue weighted by molar-refractivity contribution is -0.143. The average Bonchev–Trinajstić information content (AvgIpc) is 2.42. The Hall–Kier alpha value is -1.07. The van der Waals surface area contributed by atoms with E-state index in [9.17, 15) is 9.59 Å². The van der Waals surface area contributed by atoms with Gasteiger partial charge in [0.1, 0.15) is 12.3 Å². The van der Waals surface area contributed by atoms with Crippen molar-refractivity contribution in [3.05, 3.63) is 27.7 Å². The van der Waals surface area contributed by atoms with Crippen molar-refractivity contribution in [3.63, 3.8) is 0 Å². The van der Waals surface area contributed by atoms with Crippen LogP contribution in [0.2, 0.25) is 5.02 Å². The van der Waals surface area contributed by atoms with E-state index in [0.717, 1.165) is 25.7 Å². The van der Waals surface area contributed by atoms with E-state index in [2.05, 4.69) is 15.9 Å². The van der Waals surface area contributed by atoms with Gasteiger partial charge in [0.2, 0.25) is 5.91 Å². The van der Waals surface area contributed by atoms with Crippen LogP contribution < -0.4 is 4.74 Å². The molecule has 1 aliphatic heterocycles. The Balaban J connectivity index is 1.95. The first-order valence-electron chi connectivity index (χ1n) is 7.00. The maximum atomic E-state index is 12.0. The Morgan fingerprint density at radius 3 is 2.81 bits per heavy atom. The highest BCUT2D eigenvalue weighted by atomic mass is 79.9. The third-order valence-electron chi connectivity index (χ3n) is 3.36. The molecule has 1 heterocycles. The highest BCUT2D eigenvalue weighted by molar-refractivity contribution is 9.10. The van der Waals surface area contributed by atoms with Gasteiger partial charge in [-0.05, 0) is 47.0 Å². The quantitative estimate of drug-likeness (QED) is 0.597. The number of ether oxygens (including phenoxy) is 1. The predicted octanol–water partition coefficient (Wildman–Crippen LogP) is 3.80. The highest BCUT2D eigenvalue weighted by Crippen LogP contribution is 2.28. The zero-order chi connectivity index (χ0) is 15.2. The fraction of sp³-hybridized carbons (Fsp3) is 0.467. The van der Waals surface area contributed by atoms with Crippen molar-refractivity contribution in [1.29, 1.82) is 0 Å². The zero-order valence-corrected chi connectivity index (χ0v) is 14.0. The van der Waals surface area contributed by atoms with E-state index in [-0.39, 0.29) is 12.5 Å². The third-order valence-corrected chi connectivity index (χ3v) is 4.21. The number of likely N-dealkylation sites (tertiary alicyclic amines) is 1. The zero-order valence-electron chi connectivity index (χ0n) is 11.6. The third kappa shape index (κ3) is 5.00. The number of nitrogens with zero attached hydrogens (tertiary/aromatic N) is 1. The lowest BCUT2D eigenvalue weighted by atomic mass is 10.1. The minimum absolute atomic E-state index is 0.00605. The summed E-state index contributed by atoms with van der Waals surface area (Å²) in [7, 11) is 0. The van der Waals surface area contributed by atoms with Crippen LogP contribution in [0.15, 0.2) is 22.7 Å². The van der Waals surface area contributed by atoms with Crippen molar-refractivity contribution < 1.29 is 14.3 Å². The Kier molecular flexibility index (Phi) is 6.06. The fourth-order valence-corrected chi connectivity index (χ4v) is 3.01. The number of benzene rings is 1. The van der Waals surface area contributed by atoms with Crippen molar-refractivity contribution >= 4 is 39.4 Å². The number of halogens is 2. The summed E-state index contributed by atoms with van der Waals surface area (Å²) >= 11 is 9.13. The lowest BCUT2D eigenvalue weighted by Gasteiger charge is -2.23. The molecule has 0 aliphatic carbocycles. The highest BCUT2D eigenvalue weighted by Gasteiger charge is 2.20. The molecule has 1 fully saturated rings. The molecule has 2 rings (SSSR count). The summed E-state index contributed by atoms with van der Waals surface area (Å²) in [4.78, 5) is 25.5. The summed E-state index contributed by atoms with van der Waals surface area (Å²) < 4.78 is 5.90. The van der Waals surface area contributed by atoms with Gasteiger partial charge in [-0.3, -0.25) is 4.79 Å². The molecule has 1 saturated heterocycles. The van der Waals surface area contributed by atoms with Gasteiger partial charge in [-0.1, -0.05) is 24.4 Å². The van der Waals surface area contributed by atoms with Gasteiger partial charge in [0.15, 0.2) is 0 Å². The summed E-state index contributed by atoms with van der Waals surface area (Å²) in [5.74, 6) is -0.00217. The Labute approximate surface area is 137 Å². The summed E-state index contributed by atoms with van der Waals surface area (Å²) in [6.07, 6.45) is 4.53. The van der Waals surface area contributed by atoms with Crippen molar-refractivity contribution in [2.45, 2.75) is 32.1 Å². The SMILES string of the molecule is O=C(CN1CCCCCCC1=O)Oc1ccc(Cl)cc1Br. The van der Waals surface area contributed by atoms with Gasteiger partial charge in [0.25, 0.3) is 0 Å². The van der Waals surface area contributed by atoms with E-state index in [1.165, 1.54) is 0 Å². The Bertz CT molecular complexity index is 536. The number of hydrogen-bond donors (Lipinski definition) is 0. The van der Waals surface area contributed by atoms with Crippen LogP contribution in [0.3, 0.4) is 0 Å². The maximum absolute atomic E-state index is 12.0. The molecule has 0 unspecified atom stereocenters. The van der Waals surface area contributed by atoms with Crippen LogP contribution in [-0.4, -0.2) is 29.9 Å². The fourth-order valence-electron chi connectivity index (χ4n) is 2.25. The van der Waals surface area contributed by atoms with Crippen LogP contribution in [0.25, 0.3) is 0 Å². The number of esters is 1. The maximum Gasteiger partial charge on any atom is 0.331 e.